The van der Waals surface area contributed by atoms with Crippen LogP contribution in [-0.4, -0.2) is 9.13 Å². The topological polar surface area (TPSA) is 26.2 Å². The van der Waals surface area contributed by atoms with Crippen LogP contribution in [0, 0.1) is 0 Å². The molecule has 0 radical (unpaired) electrons. The van der Waals surface area contributed by atoms with Crippen molar-refractivity contribution in [1.29, 1.82) is 0 Å². The van der Waals surface area contributed by atoms with E-state index >= 15 is 0 Å². The quantitative estimate of drug-likeness (QED) is 0.168. The lowest BCUT2D eigenvalue weighted by Gasteiger charge is -2.26. The molecule has 3 heterocycles. The van der Waals surface area contributed by atoms with Gasteiger partial charge in [-0.25, -0.2) is 0 Å². The van der Waals surface area contributed by atoms with Gasteiger partial charge in [-0.1, -0.05) is 127 Å². The first kappa shape index (κ1) is 34.5. The molecule has 0 spiro atoms. The SMILES string of the molecule is c1ccc(-n2c3ccccc3c3ccc(N(c4ccc(-c5ccc(-n6c7ccccc7c7cc8ccccc8cc76)cc5)cc4)c4ccc5oc6ccccc6c5c4)cc32)cc1. The molecule has 0 aliphatic rings. The second-order valence-electron chi connectivity index (χ2n) is 16.2. The third-order valence-electron chi connectivity index (χ3n) is 12.7. The Kier molecular flexibility index (Phi) is 7.57. The van der Waals surface area contributed by atoms with Crippen molar-refractivity contribution in [3.63, 3.8) is 0 Å². The third kappa shape index (κ3) is 5.33. The van der Waals surface area contributed by atoms with Crippen LogP contribution in [0.4, 0.5) is 17.1 Å². The molecule has 13 rings (SSSR count). The van der Waals surface area contributed by atoms with E-state index in [1.165, 1.54) is 48.9 Å². The number of rotatable bonds is 6. The van der Waals surface area contributed by atoms with Crippen molar-refractivity contribution >= 4 is 93.4 Å². The predicted molar refractivity (Wildman–Crippen MR) is 260 cm³/mol. The van der Waals surface area contributed by atoms with Crippen molar-refractivity contribution in [3.05, 3.63) is 224 Å². The molecule has 0 saturated carbocycles. The number of anilines is 3. The zero-order valence-electron chi connectivity index (χ0n) is 33.6. The zero-order valence-corrected chi connectivity index (χ0v) is 33.6. The van der Waals surface area contributed by atoms with Crippen molar-refractivity contribution in [1.82, 2.24) is 9.13 Å². The summed E-state index contributed by atoms with van der Waals surface area (Å²) >= 11 is 0. The molecule has 4 heteroatoms. The normalized spacial score (nSPS) is 11.9. The standard InChI is InChI=1S/C58H37N3O/c1-2-14-42(15-3-1)60-53-19-9-6-16-47(53)49-32-30-46(37-56(49)60)59(45-31-33-58-52(36-45)50-18-8-11-21-57(50)62-58)43-26-22-38(23-27-43)39-24-28-44(29-25-39)61-54-20-10-7-17-48(54)51-34-40-12-4-5-13-41(40)35-55(51)61/h1-37H. The molecular formula is C58H37N3O. The maximum Gasteiger partial charge on any atom is 0.135 e. The molecule has 0 saturated heterocycles. The summed E-state index contributed by atoms with van der Waals surface area (Å²) in [6.45, 7) is 0. The fourth-order valence-corrected chi connectivity index (χ4v) is 9.79. The van der Waals surface area contributed by atoms with E-state index in [1.54, 1.807) is 0 Å². The van der Waals surface area contributed by atoms with Crippen LogP contribution in [0.5, 0.6) is 0 Å². The molecule has 62 heavy (non-hydrogen) atoms. The molecule has 0 aliphatic heterocycles. The highest BCUT2D eigenvalue weighted by molar-refractivity contribution is 6.14. The number of hydrogen-bond donors (Lipinski definition) is 0. The Morgan fingerprint density at radius 1 is 0.290 bits per heavy atom. The Hall–Kier alpha value is -8.34. The lowest BCUT2D eigenvalue weighted by Crippen LogP contribution is -2.10. The van der Waals surface area contributed by atoms with Crippen LogP contribution >= 0.6 is 0 Å². The number of furan rings is 1. The minimum Gasteiger partial charge on any atom is -0.456 e. The number of fused-ring (bicyclic) bond motifs is 10. The smallest absolute Gasteiger partial charge is 0.135 e. The molecule has 0 aliphatic carbocycles. The Morgan fingerprint density at radius 2 is 0.790 bits per heavy atom. The number of benzene rings is 10. The highest BCUT2D eigenvalue weighted by Crippen LogP contribution is 2.42. The summed E-state index contributed by atoms with van der Waals surface area (Å²) in [7, 11) is 0. The molecule has 10 aromatic carbocycles. The van der Waals surface area contributed by atoms with Gasteiger partial charge in [0.2, 0.25) is 0 Å². The van der Waals surface area contributed by atoms with E-state index in [0.29, 0.717) is 0 Å². The summed E-state index contributed by atoms with van der Waals surface area (Å²) < 4.78 is 11.1. The van der Waals surface area contributed by atoms with Gasteiger partial charge in [0, 0.05) is 60.8 Å². The molecule has 0 unspecified atom stereocenters. The van der Waals surface area contributed by atoms with E-state index in [2.05, 4.69) is 226 Å². The molecule has 3 aromatic heterocycles. The van der Waals surface area contributed by atoms with Crippen LogP contribution in [0.3, 0.4) is 0 Å². The van der Waals surface area contributed by atoms with Crippen LogP contribution in [0.15, 0.2) is 229 Å². The maximum absolute atomic E-state index is 6.29. The summed E-state index contributed by atoms with van der Waals surface area (Å²) in [5.41, 5.74) is 14.3. The van der Waals surface area contributed by atoms with Gasteiger partial charge in [0.25, 0.3) is 0 Å². The van der Waals surface area contributed by atoms with Crippen LogP contribution in [0.1, 0.15) is 0 Å². The first-order valence-corrected chi connectivity index (χ1v) is 21.2. The molecule has 290 valence electrons. The van der Waals surface area contributed by atoms with Crippen molar-refractivity contribution in [2.75, 3.05) is 4.90 Å². The molecule has 0 fully saturated rings. The summed E-state index contributed by atoms with van der Waals surface area (Å²) in [5.74, 6) is 0. The molecular weight excluding hydrogens is 755 g/mol. The molecule has 0 amide bonds. The lowest BCUT2D eigenvalue weighted by atomic mass is 10.0. The van der Waals surface area contributed by atoms with Gasteiger partial charge in [-0.15, -0.1) is 0 Å². The van der Waals surface area contributed by atoms with Gasteiger partial charge >= 0.3 is 0 Å². The van der Waals surface area contributed by atoms with Gasteiger partial charge in [-0.05, 0) is 119 Å². The number of aromatic nitrogens is 2. The van der Waals surface area contributed by atoms with E-state index in [9.17, 15) is 0 Å². The van der Waals surface area contributed by atoms with Gasteiger partial charge in [0.15, 0.2) is 0 Å². The summed E-state index contributed by atoms with van der Waals surface area (Å²) in [4.78, 5) is 2.37. The first-order chi connectivity index (χ1) is 30.7. The van der Waals surface area contributed by atoms with Crippen LogP contribution < -0.4 is 4.90 Å². The fraction of sp³-hybridized carbons (Fsp3) is 0. The van der Waals surface area contributed by atoms with Gasteiger partial charge in [0.05, 0.1) is 22.1 Å². The van der Waals surface area contributed by atoms with Gasteiger partial charge < -0.3 is 18.5 Å². The summed E-state index contributed by atoms with van der Waals surface area (Å²) in [6, 6.07) is 81.1. The molecule has 0 bridgehead atoms. The van der Waals surface area contributed by atoms with Crippen molar-refractivity contribution in [2.45, 2.75) is 0 Å². The van der Waals surface area contributed by atoms with Crippen LogP contribution in [0.25, 0.3) is 98.8 Å². The summed E-state index contributed by atoms with van der Waals surface area (Å²) in [5, 5.41) is 9.68. The molecule has 0 N–H and O–H groups in total. The van der Waals surface area contributed by atoms with Gasteiger partial charge in [-0.2, -0.15) is 0 Å². The Labute approximate surface area is 357 Å². The highest BCUT2D eigenvalue weighted by atomic mass is 16.3. The first-order valence-electron chi connectivity index (χ1n) is 21.2. The van der Waals surface area contributed by atoms with E-state index in [1.807, 2.05) is 12.1 Å². The van der Waals surface area contributed by atoms with Crippen LogP contribution in [-0.2, 0) is 0 Å². The van der Waals surface area contributed by atoms with Crippen molar-refractivity contribution in [2.24, 2.45) is 0 Å². The Morgan fingerprint density at radius 3 is 1.53 bits per heavy atom. The predicted octanol–water partition coefficient (Wildman–Crippen LogP) is 16.1. The van der Waals surface area contributed by atoms with Crippen molar-refractivity contribution in [3.8, 4) is 22.5 Å². The number of nitrogens with zero attached hydrogens (tertiary/aromatic N) is 3. The van der Waals surface area contributed by atoms with Crippen molar-refractivity contribution < 1.29 is 4.42 Å². The highest BCUT2D eigenvalue weighted by Gasteiger charge is 2.20. The molecule has 4 nitrogen and oxygen atoms in total. The monoisotopic (exact) mass is 791 g/mol. The molecule has 13 aromatic rings. The number of hydrogen-bond acceptors (Lipinski definition) is 2. The minimum atomic E-state index is 0.877. The maximum atomic E-state index is 6.29. The van der Waals surface area contributed by atoms with E-state index in [-0.39, 0.29) is 0 Å². The zero-order chi connectivity index (χ0) is 40.7. The van der Waals surface area contributed by atoms with E-state index in [0.717, 1.165) is 67.0 Å². The van der Waals surface area contributed by atoms with E-state index in [4.69, 9.17) is 4.42 Å². The van der Waals surface area contributed by atoms with Gasteiger partial charge in [-0.3, -0.25) is 0 Å². The second-order valence-corrected chi connectivity index (χ2v) is 16.2. The Balaban J connectivity index is 0.932. The third-order valence-corrected chi connectivity index (χ3v) is 12.7. The van der Waals surface area contributed by atoms with Crippen LogP contribution in [0.2, 0.25) is 0 Å². The lowest BCUT2D eigenvalue weighted by molar-refractivity contribution is 0.669. The van der Waals surface area contributed by atoms with Gasteiger partial charge in [0.1, 0.15) is 11.2 Å². The average Bonchev–Trinajstić information content (AvgIpc) is 3.98. The average molecular weight is 792 g/mol. The number of para-hydroxylation sites is 4. The second kappa shape index (κ2) is 13.6. The minimum absolute atomic E-state index is 0.877. The molecule has 0 atom stereocenters. The van der Waals surface area contributed by atoms with E-state index < -0.39 is 0 Å². The fourth-order valence-electron chi connectivity index (χ4n) is 9.79. The largest absolute Gasteiger partial charge is 0.456 e. The Bertz CT molecular complexity index is 3850. The summed E-state index contributed by atoms with van der Waals surface area (Å²) in [6.07, 6.45) is 0.